The largest absolute Gasteiger partial charge is 0.464 e. The van der Waals surface area contributed by atoms with Crippen LogP contribution in [-0.4, -0.2) is 22.2 Å². The summed E-state index contributed by atoms with van der Waals surface area (Å²) in [5.74, 6) is -0.408. The topological polar surface area (TPSA) is 53.2 Å². The Morgan fingerprint density at radius 1 is 1.44 bits per heavy atom. The zero-order chi connectivity index (χ0) is 11.7. The van der Waals surface area contributed by atoms with Crippen molar-refractivity contribution in [3.05, 3.63) is 21.9 Å². The molecule has 0 bridgehead atoms. The van der Waals surface area contributed by atoms with E-state index in [-0.39, 0.29) is 5.69 Å². The van der Waals surface area contributed by atoms with Gasteiger partial charge in [0, 0.05) is 13.1 Å². The standard InChI is InChI=1S/C11H16N2O3/c1-3-12-9(10(14)16-2)8-6-4-5-7-13(8)11(12)15/h3-7H2,1-2H3. The van der Waals surface area contributed by atoms with Gasteiger partial charge in [0.05, 0.1) is 12.8 Å². The molecular weight excluding hydrogens is 208 g/mol. The van der Waals surface area contributed by atoms with Crippen molar-refractivity contribution in [3.8, 4) is 0 Å². The van der Waals surface area contributed by atoms with Crippen LogP contribution in [-0.2, 0) is 24.2 Å². The van der Waals surface area contributed by atoms with E-state index in [1.54, 1.807) is 4.57 Å². The molecular formula is C11H16N2O3. The van der Waals surface area contributed by atoms with Gasteiger partial charge in [-0.2, -0.15) is 0 Å². The number of aromatic nitrogens is 2. The number of ether oxygens (including phenoxy) is 1. The molecule has 88 valence electrons. The summed E-state index contributed by atoms with van der Waals surface area (Å²) in [6.45, 7) is 3.08. The van der Waals surface area contributed by atoms with Gasteiger partial charge >= 0.3 is 11.7 Å². The second-order valence-corrected chi connectivity index (χ2v) is 3.92. The van der Waals surface area contributed by atoms with Crippen LogP contribution in [0.3, 0.4) is 0 Å². The van der Waals surface area contributed by atoms with Crippen LogP contribution in [0.5, 0.6) is 0 Å². The SMILES string of the molecule is CCn1c(C(=O)OC)c2n(c1=O)CCCC2. The highest BCUT2D eigenvalue weighted by molar-refractivity contribution is 5.88. The molecule has 0 saturated heterocycles. The summed E-state index contributed by atoms with van der Waals surface area (Å²) in [5.41, 5.74) is 1.19. The molecule has 0 radical (unpaired) electrons. The Hall–Kier alpha value is -1.52. The molecule has 1 aromatic rings. The molecule has 0 saturated carbocycles. The molecule has 1 aromatic heterocycles. The normalized spacial score (nSPS) is 14.6. The minimum atomic E-state index is -0.408. The molecule has 5 heteroatoms. The van der Waals surface area contributed by atoms with Crippen LogP contribution in [0, 0.1) is 0 Å². The number of carbonyl (C=O) groups excluding carboxylic acids is 1. The smallest absolute Gasteiger partial charge is 0.356 e. The zero-order valence-corrected chi connectivity index (χ0v) is 9.65. The number of nitrogens with zero attached hydrogens (tertiary/aromatic N) is 2. The number of esters is 1. The number of carbonyl (C=O) groups is 1. The number of hydrogen-bond donors (Lipinski definition) is 0. The first kappa shape index (κ1) is 11.0. The van der Waals surface area contributed by atoms with Crippen molar-refractivity contribution in [2.24, 2.45) is 0 Å². The molecule has 0 fully saturated rings. The van der Waals surface area contributed by atoms with Gasteiger partial charge in [0.25, 0.3) is 0 Å². The molecule has 0 atom stereocenters. The van der Waals surface area contributed by atoms with Crippen molar-refractivity contribution < 1.29 is 9.53 Å². The molecule has 0 aromatic carbocycles. The first-order valence-corrected chi connectivity index (χ1v) is 5.61. The fourth-order valence-corrected chi connectivity index (χ4v) is 2.30. The van der Waals surface area contributed by atoms with Crippen LogP contribution in [0.15, 0.2) is 4.79 Å². The van der Waals surface area contributed by atoms with E-state index in [4.69, 9.17) is 4.74 Å². The molecule has 0 amide bonds. The Morgan fingerprint density at radius 2 is 2.19 bits per heavy atom. The van der Waals surface area contributed by atoms with E-state index in [2.05, 4.69) is 0 Å². The van der Waals surface area contributed by atoms with Crippen molar-refractivity contribution in [3.63, 3.8) is 0 Å². The monoisotopic (exact) mass is 224 g/mol. The Bertz CT molecular complexity index is 470. The third-order valence-electron chi connectivity index (χ3n) is 3.07. The fourth-order valence-electron chi connectivity index (χ4n) is 2.30. The lowest BCUT2D eigenvalue weighted by Gasteiger charge is -2.13. The summed E-state index contributed by atoms with van der Waals surface area (Å²) >= 11 is 0. The van der Waals surface area contributed by atoms with Crippen molar-refractivity contribution in [1.29, 1.82) is 0 Å². The van der Waals surface area contributed by atoms with Crippen molar-refractivity contribution >= 4 is 5.97 Å². The maximum absolute atomic E-state index is 12.0. The summed E-state index contributed by atoms with van der Waals surface area (Å²) < 4.78 is 7.96. The highest BCUT2D eigenvalue weighted by Gasteiger charge is 2.26. The minimum absolute atomic E-state index is 0.0856. The first-order valence-electron chi connectivity index (χ1n) is 5.61. The quantitative estimate of drug-likeness (QED) is 0.698. The summed E-state index contributed by atoms with van der Waals surface area (Å²) in [4.78, 5) is 23.7. The van der Waals surface area contributed by atoms with Gasteiger partial charge in [-0.15, -0.1) is 0 Å². The molecule has 0 N–H and O–H groups in total. The number of hydrogen-bond acceptors (Lipinski definition) is 3. The van der Waals surface area contributed by atoms with Crippen LogP contribution >= 0.6 is 0 Å². The van der Waals surface area contributed by atoms with Crippen LogP contribution in [0.4, 0.5) is 0 Å². The average molecular weight is 224 g/mol. The molecule has 1 aliphatic heterocycles. The fraction of sp³-hybridized carbons (Fsp3) is 0.636. The van der Waals surface area contributed by atoms with Gasteiger partial charge in [0.2, 0.25) is 0 Å². The third-order valence-corrected chi connectivity index (χ3v) is 3.07. The lowest BCUT2D eigenvalue weighted by Crippen LogP contribution is -2.26. The predicted octanol–water partition coefficient (Wildman–Crippen LogP) is 0.793. The van der Waals surface area contributed by atoms with Crippen LogP contribution in [0.1, 0.15) is 35.9 Å². The highest BCUT2D eigenvalue weighted by Crippen LogP contribution is 2.18. The van der Waals surface area contributed by atoms with Gasteiger partial charge in [0.1, 0.15) is 0 Å². The first-order chi connectivity index (χ1) is 7.70. The lowest BCUT2D eigenvalue weighted by molar-refractivity contribution is 0.0586. The molecule has 16 heavy (non-hydrogen) atoms. The maximum atomic E-state index is 12.0. The summed E-state index contributed by atoms with van der Waals surface area (Å²) in [6, 6.07) is 0. The van der Waals surface area contributed by atoms with E-state index in [1.807, 2.05) is 6.92 Å². The molecule has 2 heterocycles. The average Bonchev–Trinajstić information content (AvgIpc) is 2.62. The lowest BCUT2D eigenvalue weighted by atomic mass is 10.1. The van der Waals surface area contributed by atoms with Gasteiger partial charge in [-0.3, -0.25) is 9.13 Å². The van der Waals surface area contributed by atoms with Crippen LogP contribution in [0.2, 0.25) is 0 Å². The molecule has 0 unspecified atom stereocenters. The molecule has 0 spiro atoms. The van der Waals surface area contributed by atoms with Crippen LogP contribution in [0.25, 0.3) is 0 Å². The van der Waals surface area contributed by atoms with Gasteiger partial charge in [-0.25, -0.2) is 9.59 Å². The highest BCUT2D eigenvalue weighted by atomic mass is 16.5. The second-order valence-electron chi connectivity index (χ2n) is 3.92. The molecule has 1 aliphatic rings. The van der Waals surface area contributed by atoms with E-state index in [0.717, 1.165) is 25.0 Å². The molecule has 2 rings (SSSR count). The maximum Gasteiger partial charge on any atom is 0.356 e. The number of fused-ring (bicyclic) bond motifs is 1. The summed E-state index contributed by atoms with van der Waals surface area (Å²) in [6.07, 6.45) is 2.81. The summed E-state index contributed by atoms with van der Waals surface area (Å²) in [5, 5.41) is 0. The van der Waals surface area contributed by atoms with Crippen molar-refractivity contribution in [2.75, 3.05) is 7.11 Å². The van der Waals surface area contributed by atoms with E-state index in [1.165, 1.54) is 11.7 Å². The Morgan fingerprint density at radius 3 is 2.81 bits per heavy atom. The van der Waals surface area contributed by atoms with Gasteiger partial charge in [-0.05, 0) is 26.2 Å². The summed E-state index contributed by atoms with van der Waals surface area (Å²) in [7, 11) is 1.35. The predicted molar refractivity (Wildman–Crippen MR) is 58.6 cm³/mol. The van der Waals surface area contributed by atoms with E-state index in [9.17, 15) is 9.59 Å². The molecule has 5 nitrogen and oxygen atoms in total. The number of imidazole rings is 1. The third kappa shape index (κ3) is 1.47. The van der Waals surface area contributed by atoms with E-state index < -0.39 is 5.97 Å². The van der Waals surface area contributed by atoms with Gasteiger partial charge in [0.15, 0.2) is 5.69 Å². The minimum Gasteiger partial charge on any atom is -0.464 e. The zero-order valence-electron chi connectivity index (χ0n) is 9.65. The number of rotatable bonds is 2. The second kappa shape index (κ2) is 4.15. The van der Waals surface area contributed by atoms with Crippen molar-refractivity contribution in [1.82, 2.24) is 9.13 Å². The van der Waals surface area contributed by atoms with Crippen LogP contribution < -0.4 is 5.69 Å². The number of methoxy groups -OCH3 is 1. The van der Waals surface area contributed by atoms with Crippen molar-refractivity contribution in [2.45, 2.75) is 39.3 Å². The van der Waals surface area contributed by atoms with Gasteiger partial charge < -0.3 is 4.74 Å². The molecule has 0 aliphatic carbocycles. The van der Waals surface area contributed by atoms with Gasteiger partial charge in [-0.1, -0.05) is 0 Å². The van der Waals surface area contributed by atoms with E-state index in [0.29, 0.717) is 18.8 Å². The Kier molecular flexibility index (Phi) is 2.85. The Labute approximate surface area is 93.6 Å². The Balaban J connectivity index is 2.65. The van der Waals surface area contributed by atoms with E-state index >= 15 is 0 Å².